The molecule has 1 aliphatic heterocycles. The van der Waals surface area contributed by atoms with Crippen LogP contribution in [0.5, 0.6) is 11.5 Å². The van der Waals surface area contributed by atoms with Gasteiger partial charge in [-0.2, -0.15) is 0 Å². The van der Waals surface area contributed by atoms with Crippen LogP contribution >= 0.6 is 39.9 Å². The van der Waals surface area contributed by atoms with E-state index in [1.807, 2.05) is 24.3 Å². The van der Waals surface area contributed by atoms with Crippen molar-refractivity contribution in [2.75, 3.05) is 26.1 Å². The van der Waals surface area contributed by atoms with Gasteiger partial charge in [0, 0.05) is 23.9 Å². The highest BCUT2D eigenvalue weighted by Crippen LogP contribution is 2.35. The lowest BCUT2D eigenvalue weighted by Gasteiger charge is -2.14. The third-order valence-electron chi connectivity index (χ3n) is 6.55. The van der Waals surface area contributed by atoms with Gasteiger partial charge in [0.1, 0.15) is 21.4 Å². The number of rotatable bonds is 10. The smallest absolute Gasteiger partial charge is 0.266 e. The topological polar surface area (TPSA) is 98.1 Å². The van der Waals surface area contributed by atoms with E-state index in [0.717, 1.165) is 11.3 Å². The van der Waals surface area contributed by atoms with Crippen LogP contribution in [-0.4, -0.2) is 47.6 Å². The Kier molecular flexibility index (Phi) is 9.10. The van der Waals surface area contributed by atoms with Crippen molar-refractivity contribution < 1.29 is 28.3 Å². The highest BCUT2D eigenvalue weighted by atomic mass is 79.9. The maximum absolute atomic E-state index is 13.4. The maximum atomic E-state index is 13.4. The summed E-state index contributed by atoms with van der Waals surface area (Å²) < 4.78 is 17.4. The lowest BCUT2D eigenvalue weighted by atomic mass is 10.1. The number of furan rings is 1. The van der Waals surface area contributed by atoms with E-state index in [1.54, 1.807) is 62.8 Å². The first-order chi connectivity index (χ1) is 20.3. The van der Waals surface area contributed by atoms with Gasteiger partial charge in [-0.25, -0.2) is 0 Å². The molecule has 42 heavy (non-hydrogen) atoms. The van der Waals surface area contributed by atoms with Gasteiger partial charge in [0.15, 0.2) is 5.76 Å². The zero-order chi connectivity index (χ0) is 29.8. The Balaban J connectivity index is 1.26. The number of nitrogens with zero attached hydrogens (tertiary/aromatic N) is 1. The molecule has 0 saturated carbocycles. The van der Waals surface area contributed by atoms with Gasteiger partial charge in [0.05, 0.1) is 29.3 Å². The van der Waals surface area contributed by atoms with E-state index >= 15 is 0 Å². The second kappa shape index (κ2) is 12.9. The number of amides is 2. The number of ketones is 1. The van der Waals surface area contributed by atoms with Crippen LogP contribution in [0, 0.1) is 0 Å². The summed E-state index contributed by atoms with van der Waals surface area (Å²) in [7, 11) is 3.14. The summed E-state index contributed by atoms with van der Waals surface area (Å²) in [6.07, 6.45) is 2.27. The summed E-state index contributed by atoms with van der Waals surface area (Å²) in [5.41, 5.74) is 2.01. The van der Waals surface area contributed by atoms with Crippen LogP contribution < -0.4 is 14.8 Å². The SMILES string of the molecule is COc1ccc(/C=C2\SC(=S)N(CCCC(=O)Nc3c(C(=O)c4ccc(OC)c(Br)c4)oc4ccccc34)C2=O)cc1. The van der Waals surface area contributed by atoms with Gasteiger partial charge in [0.2, 0.25) is 11.7 Å². The number of methoxy groups -OCH3 is 2. The largest absolute Gasteiger partial charge is 0.497 e. The van der Waals surface area contributed by atoms with Crippen molar-refractivity contribution in [2.24, 2.45) is 0 Å². The van der Waals surface area contributed by atoms with Crippen molar-refractivity contribution in [2.45, 2.75) is 12.8 Å². The number of nitrogens with one attached hydrogen (secondary N) is 1. The van der Waals surface area contributed by atoms with Crippen molar-refractivity contribution in [3.05, 3.63) is 93.0 Å². The van der Waals surface area contributed by atoms with E-state index in [9.17, 15) is 14.4 Å². The standard InChI is InChI=1S/C31H25BrN2O6S2/c1-38-20-12-9-18(10-13-20)16-25-30(37)34(31(41)42-25)15-5-8-26(35)33-27-21-6-3-4-7-23(21)40-29(27)28(36)19-11-14-24(39-2)22(32)17-19/h3-4,6-7,9-14,16-17H,5,8,15H2,1-2H3,(H,33,35)/b25-16-. The fourth-order valence-electron chi connectivity index (χ4n) is 4.41. The van der Waals surface area contributed by atoms with E-state index in [1.165, 1.54) is 16.7 Å². The fourth-order valence-corrected chi connectivity index (χ4v) is 6.26. The molecule has 0 aliphatic carbocycles. The van der Waals surface area contributed by atoms with Gasteiger partial charge in [-0.15, -0.1) is 0 Å². The van der Waals surface area contributed by atoms with Crippen LogP contribution in [0.1, 0.15) is 34.5 Å². The van der Waals surface area contributed by atoms with E-state index in [4.69, 9.17) is 26.1 Å². The quantitative estimate of drug-likeness (QED) is 0.109. The molecule has 11 heteroatoms. The predicted octanol–water partition coefficient (Wildman–Crippen LogP) is 7.06. The molecule has 1 N–H and O–H groups in total. The molecule has 2 amide bonds. The van der Waals surface area contributed by atoms with Crippen LogP contribution in [0.2, 0.25) is 0 Å². The number of hydrogen-bond acceptors (Lipinski definition) is 8. The number of thioether (sulfide) groups is 1. The number of para-hydroxylation sites is 1. The predicted molar refractivity (Wildman–Crippen MR) is 171 cm³/mol. The molecule has 1 aliphatic rings. The number of benzene rings is 3. The molecule has 4 aromatic rings. The first kappa shape index (κ1) is 29.6. The molecule has 3 aromatic carbocycles. The van der Waals surface area contributed by atoms with Crippen LogP contribution in [0.15, 0.2) is 80.5 Å². The second-order valence-electron chi connectivity index (χ2n) is 9.24. The molecule has 0 bridgehead atoms. The van der Waals surface area contributed by atoms with Crippen molar-refractivity contribution in [3.8, 4) is 11.5 Å². The van der Waals surface area contributed by atoms with Gasteiger partial charge < -0.3 is 19.2 Å². The van der Waals surface area contributed by atoms with E-state index < -0.39 is 0 Å². The van der Waals surface area contributed by atoms with Crippen molar-refractivity contribution in [1.82, 2.24) is 4.90 Å². The van der Waals surface area contributed by atoms with Gasteiger partial charge in [-0.1, -0.05) is 48.2 Å². The third kappa shape index (κ3) is 6.28. The number of hydrogen-bond donors (Lipinski definition) is 1. The zero-order valence-corrected chi connectivity index (χ0v) is 25.9. The summed E-state index contributed by atoms with van der Waals surface area (Å²) in [5, 5.41) is 3.48. The zero-order valence-electron chi connectivity index (χ0n) is 22.6. The number of halogens is 1. The average molecular weight is 666 g/mol. The van der Waals surface area contributed by atoms with Gasteiger partial charge in [-0.05, 0) is 76.5 Å². The first-order valence-electron chi connectivity index (χ1n) is 12.9. The molecule has 8 nitrogen and oxygen atoms in total. The summed E-state index contributed by atoms with van der Waals surface area (Å²) >= 11 is 10.1. The Morgan fingerprint density at radius 1 is 1.07 bits per heavy atom. The monoisotopic (exact) mass is 664 g/mol. The molecule has 1 fully saturated rings. The third-order valence-corrected chi connectivity index (χ3v) is 8.55. The highest BCUT2D eigenvalue weighted by molar-refractivity contribution is 9.10. The molecule has 2 heterocycles. The van der Waals surface area contributed by atoms with Crippen LogP contribution in [-0.2, 0) is 9.59 Å². The number of ether oxygens (including phenoxy) is 2. The number of thiocarbonyl (C=S) groups is 1. The van der Waals surface area contributed by atoms with Crippen LogP contribution in [0.4, 0.5) is 5.69 Å². The maximum Gasteiger partial charge on any atom is 0.266 e. The van der Waals surface area contributed by atoms with Crippen molar-refractivity contribution >= 4 is 84.6 Å². The van der Waals surface area contributed by atoms with Crippen LogP contribution in [0.3, 0.4) is 0 Å². The van der Waals surface area contributed by atoms with Crippen molar-refractivity contribution in [3.63, 3.8) is 0 Å². The number of anilines is 1. The molecule has 5 rings (SSSR count). The summed E-state index contributed by atoms with van der Waals surface area (Å²) in [6.45, 7) is 0.288. The average Bonchev–Trinajstić information content (AvgIpc) is 3.49. The molecule has 1 aromatic heterocycles. The summed E-state index contributed by atoms with van der Waals surface area (Å²) in [6, 6.07) is 19.4. The van der Waals surface area contributed by atoms with E-state index in [2.05, 4.69) is 21.2 Å². The molecular formula is C31H25BrN2O6S2. The Labute approximate surface area is 260 Å². The number of fused-ring (bicyclic) bond motifs is 1. The van der Waals surface area contributed by atoms with Crippen molar-refractivity contribution in [1.29, 1.82) is 0 Å². The van der Waals surface area contributed by atoms with E-state index in [0.29, 0.717) is 48.1 Å². The summed E-state index contributed by atoms with van der Waals surface area (Å²) in [5.74, 6) is 0.452. The lowest BCUT2D eigenvalue weighted by Crippen LogP contribution is -2.29. The molecule has 1 saturated heterocycles. The Hall–Kier alpha value is -3.93. The van der Waals surface area contributed by atoms with Gasteiger partial charge >= 0.3 is 0 Å². The molecule has 0 unspecified atom stereocenters. The minimum Gasteiger partial charge on any atom is -0.497 e. The van der Waals surface area contributed by atoms with Crippen LogP contribution in [0.25, 0.3) is 17.0 Å². The normalized spacial score (nSPS) is 14.1. The minimum atomic E-state index is -0.383. The number of carbonyl (C=O) groups is 3. The Morgan fingerprint density at radius 3 is 2.55 bits per heavy atom. The molecule has 214 valence electrons. The summed E-state index contributed by atoms with van der Waals surface area (Å²) in [4.78, 5) is 41.5. The van der Waals surface area contributed by atoms with Gasteiger partial charge in [0.25, 0.3) is 5.91 Å². The molecule has 0 atom stereocenters. The van der Waals surface area contributed by atoms with E-state index in [-0.39, 0.29) is 36.3 Å². The lowest BCUT2D eigenvalue weighted by molar-refractivity contribution is -0.122. The minimum absolute atomic E-state index is 0.0298. The Morgan fingerprint density at radius 2 is 1.83 bits per heavy atom. The first-order valence-corrected chi connectivity index (χ1v) is 14.9. The highest BCUT2D eigenvalue weighted by Gasteiger charge is 2.32. The molecular weight excluding hydrogens is 640 g/mol. The fraction of sp³-hybridized carbons (Fsp3) is 0.161. The number of carbonyl (C=O) groups excluding carboxylic acids is 3. The Bertz CT molecular complexity index is 1730. The molecule has 0 spiro atoms. The molecule has 0 radical (unpaired) electrons. The second-order valence-corrected chi connectivity index (χ2v) is 11.8. The van der Waals surface area contributed by atoms with Gasteiger partial charge in [-0.3, -0.25) is 19.3 Å².